The average Bonchev–Trinajstić information content (AvgIpc) is 2.51. The van der Waals surface area contributed by atoms with E-state index in [0.29, 0.717) is 16.8 Å². The van der Waals surface area contributed by atoms with Crippen LogP contribution in [0.15, 0.2) is 52.2 Å². The molecule has 6 heteroatoms. The van der Waals surface area contributed by atoms with Crippen LogP contribution in [0.3, 0.4) is 0 Å². The summed E-state index contributed by atoms with van der Waals surface area (Å²) in [6.45, 7) is 1.96. The SMILES string of the molecule is Cc1c(N)cccc1SCn1nnc2ccccc2c1=O. The molecule has 0 spiro atoms. The summed E-state index contributed by atoms with van der Waals surface area (Å²) >= 11 is 1.52. The van der Waals surface area contributed by atoms with Crippen molar-refractivity contribution in [3.05, 3.63) is 58.4 Å². The zero-order valence-corrected chi connectivity index (χ0v) is 12.3. The van der Waals surface area contributed by atoms with Crippen LogP contribution in [0, 0.1) is 6.92 Å². The molecule has 0 saturated carbocycles. The first-order valence-corrected chi connectivity index (χ1v) is 7.46. The van der Waals surface area contributed by atoms with Crippen molar-refractivity contribution in [3.63, 3.8) is 0 Å². The van der Waals surface area contributed by atoms with Crippen LogP contribution in [-0.4, -0.2) is 15.0 Å². The second-order valence-corrected chi connectivity index (χ2v) is 5.64. The third-order valence-corrected chi connectivity index (χ3v) is 4.42. The molecule has 0 aliphatic carbocycles. The van der Waals surface area contributed by atoms with Gasteiger partial charge in [0, 0.05) is 10.6 Å². The molecule has 0 unspecified atom stereocenters. The normalized spacial score (nSPS) is 10.9. The lowest BCUT2D eigenvalue weighted by Crippen LogP contribution is -2.23. The molecule has 0 bridgehead atoms. The second kappa shape index (κ2) is 5.57. The predicted molar refractivity (Wildman–Crippen MR) is 85.2 cm³/mol. The molecule has 1 heterocycles. The van der Waals surface area contributed by atoms with E-state index < -0.39 is 0 Å². The quantitative estimate of drug-likeness (QED) is 0.594. The van der Waals surface area contributed by atoms with Crippen LogP contribution < -0.4 is 11.3 Å². The van der Waals surface area contributed by atoms with Gasteiger partial charge < -0.3 is 5.73 Å². The molecule has 106 valence electrons. The predicted octanol–water partition coefficient (Wildman–Crippen LogP) is 2.43. The Labute approximate surface area is 125 Å². The molecule has 2 aromatic carbocycles. The first kappa shape index (κ1) is 13.6. The summed E-state index contributed by atoms with van der Waals surface area (Å²) in [6.07, 6.45) is 0. The van der Waals surface area contributed by atoms with E-state index in [4.69, 9.17) is 5.73 Å². The molecule has 0 saturated heterocycles. The van der Waals surface area contributed by atoms with Crippen molar-refractivity contribution in [2.75, 3.05) is 5.73 Å². The lowest BCUT2D eigenvalue weighted by atomic mass is 10.2. The molecule has 3 aromatic rings. The summed E-state index contributed by atoms with van der Waals surface area (Å²) in [5.41, 5.74) is 8.13. The molecule has 0 amide bonds. The van der Waals surface area contributed by atoms with E-state index in [2.05, 4.69) is 10.3 Å². The summed E-state index contributed by atoms with van der Waals surface area (Å²) in [4.78, 5) is 13.4. The first-order valence-electron chi connectivity index (χ1n) is 6.47. The highest BCUT2D eigenvalue weighted by molar-refractivity contribution is 7.98. The monoisotopic (exact) mass is 298 g/mol. The van der Waals surface area contributed by atoms with Gasteiger partial charge in [-0.15, -0.1) is 16.9 Å². The first-order chi connectivity index (χ1) is 10.2. The fourth-order valence-corrected chi connectivity index (χ4v) is 2.97. The van der Waals surface area contributed by atoms with Gasteiger partial charge in [0.25, 0.3) is 5.56 Å². The summed E-state index contributed by atoms with van der Waals surface area (Å²) < 4.78 is 1.37. The van der Waals surface area contributed by atoms with Crippen molar-refractivity contribution in [3.8, 4) is 0 Å². The highest BCUT2D eigenvalue weighted by Crippen LogP contribution is 2.26. The minimum Gasteiger partial charge on any atom is -0.398 e. The second-order valence-electron chi connectivity index (χ2n) is 4.66. The maximum atomic E-state index is 12.3. The van der Waals surface area contributed by atoms with Gasteiger partial charge in [0.2, 0.25) is 0 Å². The molecule has 0 aliphatic rings. The number of hydrogen-bond acceptors (Lipinski definition) is 5. The molecule has 5 nitrogen and oxygen atoms in total. The number of aromatic nitrogens is 3. The van der Waals surface area contributed by atoms with Gasteiger partial charge in [-0.2, -0.15) is 0 Å². The summed E-state index contributed by atoms with van der Waals surface area (Å²) in [6, 6.07) is 13.0. The van der Waals surface area contributed by atoms with Crippen LogP contribution in [0.2, 0.25) is 0 Å². The highest BCUT2D eigenvalue weighted by atomic mass is 32.2. The fraction of sp³-hybridized carbons (Fsp3) is 0.133. The molecule has 0 aliphatic heterocycles. The zero-order chi connectivity index (χ0) is 14.8. The fourth-order valence-electron chi connectivity index (χ4n) is 2.03. The van der Waals surface area contributed by atoms with Gasteiger partial charge in [-0.25, -0.2) is 4.68 Å². The minimum atomic E-state index is -0.130. The van der Waals surface area contributed by atoms with Crippen LogP contribution in [-0.2, 0) is 5.88 Å². The number of fused-ring (bicyclic) bond motifs is 1. The molecular formula is C15H14N4OS. The molecule has 0 atom stereocenters. The Balaban J connectivity index is 1.90. The van der Waals surface area contributed by atoms with Crippen molar-refractivity contribution in [2.24, 2.45) is 0 Å². The Morgan fingerprint density at radius 3 is 2.86 bits per heavy atom. The lowest BCUT2D eigenvalue weighted by molar-refractivity contribution is 0.645. The summed E-state index contributed by atoms with van der Waals surface area (Å²) in [5.74, 6) is 0.404. The number of rotatable bonds is 3. The van der Waals surface area contributed by atoms with E-state index >= 15 is 0 Å². The third-order valence-electron chi connectivity index (χ3n) is 3.30. The van der Waals surface area contributed by atoms with Gasteiger partial charge in [-0.05, 0) is 36.8 Å². The van der Waals surface area contributed by atoms with E-state index in [1.54, 1.807) is 12.1 Å². The van der Waals surface area contributed by atoms with Gasteiger partial charge in [-0.3, -0.25) is 4.79 Å². The minimum absolute atomic E-state index is 0.130. The number of nitrogens with zero attached hydrogens (tertiary/aromatic N) is 3. The smallest absolute Gasteiger partial charge is 0.278 e. The number of nitrogens with two attached hydrogens (primary N) is 1. The third kappa shape index (κ3) is 2.62. The van der Waals surface area contributed by atoms with E-state index in [-0.39, 0.29) is 5.56 Å². The molecule has 21 heavy (non-hydrogen) atoms. The van der Waals surface area contributed by atoms with Crippen molar-refractivity contribution in [1.82, 2.24) is 15.0 Å². The van der Waals surface area contributed by atoms with Crippen molar-refractivity contribution in [1.29, 1.82) is 0 Å². The van der Waals surface area contributed by atoms with Gasteiger partial charge >= 0.3 is 0 Å². The van der Waals surface area contributed by atoms with Gasteiger partial charge in [0.05, 0.1) is 11.3 Å². The van der Waals surface area contributed by atoms with Gasteiger partial charge in [0.1, 0.15) is 5.52 Å². The Bertz CT molecular complexity index is 860. The Morgan fingerprint density at radius 2 is 2.00 bits per heavy atom. The number of nitrogen functional groups attached to an aromatic ring is 1. The van der Waals surface area contributed by atoms with Crippen LogP contribution in [0.25, 0.3) is 10.9 Å². The largest absolute Gasteiger partial charge is 0.398 e. The van der Waals surface area contributed by atoms with Crippen LogP contribution in [0.1, 0.15) is 5.56 Å². The number of hydrogen-bond donors (Lipinski definition) is 1. The van der Waals surface area contributed by atoms with E-state index in [1.165, 1.54) is 16.4 Å². The van der Waals surface area contributed by atoms with Crippen molar-refractivity contribution in [2.45, 2.75) is 17.7 Å². The van der Waals surface area contributed by atoms with Crippen LogP contribution in [0.4, 0.5) is 5.69 Å². The molecular weight excluding hydrogens is 284 g/mol. The Hall–Kier alpha value is -2.34. The number of thioether (sulfide) groups is 1. The standard InChI is InChI=1S/C15H14N4OS/c1-10-12(16)6-4-8-14(10)21-9-19-15(20)11-5-2-3-7-13(11)17-18-19/h2-8H,9,16H2,1H3. The maximum Gasteiger partial charge on any atom is 0.278 e. The molecule has 0 fully saturated rings. The average molecular weight is 298 g/mol. The van der Waals surface area contributed by atoms with Crippen LogP contribution >= 0.6 is 11.8 Å². The Morgan fingerprint density at radius 1 is 1.19 bits per heavy atom. The number of benzene rings is 2. The maximum absolute atomic E-state index is 12.3. The summed E-state index contributed by atoms with van der Waals surface area (Å²) in [7, 11) is 0. The summed E-state index contributed by atoms with van der Waals surface area (Å²) in [5, 5.41) is 8.63. The lowest BCUT2D eigenvalue weighted by Gasteiger charge is -2.08. The molecule has 2 N–H and O–H groups in total. The van der Waals surface area contributed by atoms with E-state index in [9.17, 15) is 4.79 Å². The topological polar surface area (TPSA) is 73.8 Å². The number of anilines is 1. The van der Waals surface area contributed by atoms with E-state index in [1.807, 2.05) is 37.3 Å². The van der Waals surface area contributed by atoms with Gasteiger partial charge in [-0.1, -0.05) is 23.4 Å². The van der Waals surface area contributed by atoms with Crippen LogP contribution in [0.5, 0.6) is 0 Å². The zero-order valence-electron chi connectivity index (χ0n) is 11.5. The molecule has 0 radical (unpaired) electrons. The van der Waals surface area contributed by atoms with Crippen molar-refractivity contribution < 1.29 is 0 Å². The van der Waals surface area contributed by atoms with E-state index in [0.717, 1.165) is 16.1 Å². The molecule has 3 rings (SSSR count). The molecule has 1 aromatic heterocycles. The highest BCUT2D eigenvalue weighted by Gasteiger charge is 2.07. The Kier molecular flexibility index (Phi) is 3.62. The van der Waals surface area contributed by atoms with Crippen molar-refractivity contribution >= 4 is 28.4 Å². The van der Waals surface area contributed by atoms with Gasteiger partial charge in [0.15, 0.2) is 0 Å².